The third-order valence-corrected chi connectivity index (χ3v) is 5.84. The predicted molar refractivity (Wildman–Crippen MR) is 121 cm³/mol. The molecule has 1 aliphatic carbocycles. The maximum Gasteiger partial charge on any atom is 0.320 e. The molecule has 0 radical (unpaired) electrons. The highest BCUT2D eigenvalue weighted by molar-refractivity contribution is 6.00. The maximum atomic E-state index is 13.3. The molecule has 1 aromatic carbocycles. The van der Waals surface area contributed by atoms with E-state index in [0.717, 1.165) is 12.1 Å². The summed E-state index contributed by atoms with van der Waals surface area (Å²) in [5, 5.41) is 22.0. The molecule has 0 aliphatic heterocycles. The molecule has 190 valence electrons. The molecule has 4 rings (SSSR count). The summed E-state index contributed by atoms with van der Waals surface area (Å²) in [6.07, 6.45) is 3.18. The fraction of sp³-hybridized carbons (Fsp3) is 0.348. The Morgan fingerprint density at radius 3 is 2.53 bits per heavy atom. The van der Waals surface area contributed by atoms with E-state index in [2.05, 4.69) is 25.8 Å². The molecule has 3 N–H and O–H groups in total. The highest BCUT2D eigenvalue weighted by Crippen LogP contribution is 2.38. The molecule has 1 aliphatic rings. The number of ether oxygens (including phenoxy) is 2. The maximum absolute atomic E-state index is 13.3. The Morgan fingerprint density at radius 1 is 1.14 bits per heavy atom. The van der Waals surface area contributed by atoms with Gasteiger partial charge in [-0.25, -0.2) is 13.8 Å². The highest BCUT2D eigenvalue weighted by Gasteiger charge is 2.42. The Kier molecular flexibility index (Phi) is 7.38. The molecule has 36 heavy (non-hydrogen) atoms. The van der Waals surface area contributed by atoms with Crippen LogP contribution >= 0.6 is 0 Å². The molecule has 1 amide bonds. The van der Waals surface area contributed by atoms with Crippen molar-refractivity contribution in [1.29, 1.82) is 0 Å². The quantitative estimate of drug-likeness (QED) is 0.394. The van der Waals surface area contributed by atoms with Crippen LogP contribution in [0.4, 0.5) is 26.2 Å². The second kappa shape index (κ2) is 10.6. The van der Waals surface area contributed by atoms with Crippen LogP contribution in [0.5, 0.6) is 5.88 Å². The molecular formula is C23H23F2N5O6. The van der Waals surface area contributed by atoms with E-state index in [4.69, 9.17) is 13.9 Å². The van der Waals surface area contributed by atoms with Gasteiger partial charge in [-0.2, -0.15) is 0 Å². The molecular weight excluding hydrogens is 480 g/mol. The Morgan fingerprint density at radius 2 is 1.89 bits per heavy atom. The minimum absolute atomic E-state index is 0.157. The number of aliphatic carboxylic acids is 1. The van der Waals surface area contributed by atoms with Crippen LogP contribution in [0, 0.1) is 17.0 Å². The van der Waals surface area contributed by atoms with Crippen molar-refractivity contribution >= 4 is 29.3 Å². The van der Waals surface area contributed by atoms with E-state index in [0.29, 0.717) is 37.3 Å². The standard InChI is InChI=1S/C23H23F2N5O6/c1-34-12-23(21(32)33)8-6-15(7-9-23)35-18-5-3-14(11-26-18)27-19(31)20-29-30-22(36-20)28-13-2-4-16(24)17(25)10-13/h2-5,10-11,15H,6-9,12H2,1H3,(H,27,31)(H,28,30)(H,32,33). The first-order valence-corrected chi connectivity index (χ1v) is 11.0. The molecule has 0 bridgehead atoms. The van der Waals surface area contributed by atoms with E-state index in [-0.39, 0.29) is 30.3 Å². The number of benzene rings is 1. The number of carboxylic acids is 1. The zero-order valence-electron chi connectivity index (χ0n) is 19.2. The number of hydrogen-bond donors (Lipinski definition) is 3. The number of nitrogens with one attached hydrogen (secondary N) is 2. The SMILES string of the molecule is COCC1(C(=O)O)CCC(Oc2ccc(NC(=O)c3nnc(Nc4ccc(F)c(F)c4)o3)cn2)CC1. The number of methoxy groups -OCH3 is 1. The number of amides is 1. The first-order chi connectivity index (χ1) is 17.3. The van der Waals surface area contributed by atoms with Gasteiger partial charge in [0.1, 0.15) is 6.10 Å². The lowest BCUT2D eigenvalue weighted by molar-refractivity contribution is -0.156. The Bertz CT molecular complexity index is 1230. The van der Waals surface area contributed by atoms with Crippen LogP contribution in [-0.2, 0) is 9.53 Å². The van der Waals surface area contributed by atoms with Gasteiger partial charge in [-0.3, -0.25) is 9.59 Å². The normalized spacial score (nSPS) is 19.5. The number of carbonyl (C=O) groups is 2. The minimum atomic E-state index is -1.06. The minimum Gasteiger partial charge on any atom is -0.481 e. The topological polar surface area (TPSA) is 149 Å². The fourth-order valence-electron chi connectivity index (χ4n) is 3.90. The van der Waals surface area contributed by atoms with E-state index in [1.165, 1.54) is 19.4 Å². The number of anilines is 3. The number of hydrogen-bond acceptors (Lipinski definition) is 9. The summed E-state index contributed by atoms with van der Waals surface area (Å²) in [7, 11) is 1.49. The van der Waals surface area contributed by atoms with Gasteiger partial charge in [0.2, 0.25) is 5.88 Å². The molecule has 0 spiro atoms. The van der Waals surface area contributed by atoms with Gasteiger partial charge in [0, 0.05) is 24.9 Å². The van der Waals surface area contributed by atoms with Crippen LogP contribution in [0.1, 0.15) is 36.4 Å². The molecule has 2 aromatic heterocycles. The van der Waals surface area contributed by atoms with Gasteiger partial charge in [-0.15, -0.1) is 5.10 Å². The zero-order chi connectivity index (χ0) is 25.7. The first-order valence-electron chi connectivity index (χ1n) is 11.0. The molecule has 3 aromatic rings. The Hall–Kier alpha value is -4.13. The van der Waals surface area contributed by atoms with Crippen LogP contribution in [-0.4, -0.2) is 52.0 Å². The van der Waals surface area contributed by atoms with E-state index < -0.39 is 28.9 Å². The molecule has 0 unspecified atom stereocenters. The summed E-state index contributed by atoms with van der Waals surface area (Å²) < 4.78 is 42.5. The summed E-state index contributed by atoms with van der Waals surface area (Å²) in [6.45, 7) is 0.157. The average molecular weight is 503 g/mol. The molecule has 1 saturated carbocycles. The van der Waals surface area contributed by atoms with Crippen molar-refractivity contribution < 1.29 is 37.4 Å². The molecule has 0 atom stereocenters. The fourth-order valence-corrected chi connectivity index (χ4v) is 3.90. The first kappa shape index (κ1) is 25.0. The molecule has 1 fully saturated rings. The largest absolute Gasteiger partial charge is 0.481 e. The van der Waals surface area contributed by atoms with Gasteiger partial charge in [0.15, 0.2) is 11.6 Å². The summed E-state index contributed by atoms with van der Waals surface area (Å²) in [5.74, 6) is -3.65. The third-order valence-electron chi connectivity index (χ3n) is 5.84. The van der Waals surface area contributed by atoms with E-state index in [9.17, 15) is 23.5 Å². The van der Waals surface area contributed by atoms with Crippen LogP contribution in [0.3, 0.4) is 0 Å². The second-order valence-corrected chi connectivity index (χ2v) is 8.34. The monoisotopic (exact) mass is 503 g/mol. The molecule has 13 heteroatoms. The summed E-state index contributed by atoms with van der Waals surface area (Å²) in [4.78, 5) is 28.2. The molecule has 11 nitrogen and oxygen atoms in total. The van der Waals surface area contributed by atoms with Crippen molar-refractivity contribution in [3.8, 4) is 5.88 Å². The number of halogens is 2. The lowest BCUT2D eigenvalue weighted by Gasteiger charge is -2.36. The van der Waals surface area contributed by atoms with Crippen LogP contribution in [0.2, 0.25) is 0 Å². The summed E-state index contributed by atoms with van der Waals surface area (Å²) >= 11 is 0. The Balaban J connectivity index is 1.29. The Labute approximate surface area is 203 Å². The highest BCUT2D eigenvalue weighted by atomic mass is 19.2. The van der Waals surface area contributed by atoms with Crippen LogP contribution in [0.15, 0.2) is 40.9 Å². The number of carbonyl (C=O) groups excluding carboxylic acids is 1. The lowest BCUT2D eigenvalue weighted by atomic mass is 9.73. The van der Waals surface area contributed by atoms with Gasteiger partial charge in [-0.1, -0.05) is 5.10 Å². The van der Waals surface area contributed by atoms with Crippen LogP contribution < -0.4 is 15.4 Å². The van der Waals surface area contributed by atoms with Gasteiger partial charge >= 0.3 is 23.8 Å². The summed E-state index contributed by atoms with van der Waals surface area (Å²) in [6, 6.07) is 6.08. The molecule has 0 saturated heterocycles. The number of carboxylic acid groups (broad SMARTS) is 1. The van der Waals surface area contributed by atoms with Gasteiger partial charge in [-0.05, 0) is 43.9 Å². The summed E-state index contributed by atoms with van der Waals surface area (Å²) in [5.41, 5.74) is -0.390. The average Bonchev–Trinajstić information content (AvgIpc) is 3.33. The van der Waals surface area contributed by atoms with Crippen molar-refractivity contribution in [3.05, 3.63) is 54.1 Å². The van der Waals surface area contributed by atoms with Crippen molar-refractivity contribution in [3.63, 3.8) is 0 Å². The van der Waals surface area contributed by atoms with Gasteiger partial charge < -0.3 is 29.6 Å². The number of nitrogens with zero attached hydrogens (tertiary/aromatic N) is 3. The molecule has 2 heterocycles. The number of pyridine rings is 1. The predicted octanol–water partition coefficient (Wildman–Crippen LogP) is 3.78. The third kappa shape index (κ3) is 5.74. The van der Waals surface area contributed by atoms with Crippen molar-refractivity contribution in [2.24, 2.45) is 5.41 Å². The van der Waals surface area contributed by atoms with Crippen LogP contribution in [0.25, 0.3) is 0 Å². The van der Waals surface area contributed by atoms with Gasteiger partial charge in [0.05, 0.1) is 23.9 Å². The van der Waals surface area contributed by atoms with E-state index in [1.54, 1.807) is 12.1 Å². The lowest BCUT2D eigenvalue weighted by Crippen LogP contribution is -2.41. The second-order valence-electron chi connectivity index (χ2n) is 8.34. The zero-order valence-corrected chi connectivity index (χ0v) is 19.2. The number of aromatic nitrogens is 3. The smallest absolute Gasteiger partial charge is 0.320 e. The van der Waals surface area contributed by atoms with Crippen molar-refractivity contribution in [2.75, 3.05) is 24.4 Å². The van der Waals surface area contributed by atoms with Crippen molar-refractivity contribution in [2.45, 2.75) is 31.8 Å². The number of rotatable bonds is 9. The van der Waals surface area contributed by atoms with Gasteiger partial charge in [0.25, 0.3) is 0 Å². The van der Waals surface area contributed by atoms with E-state index >= 15 is 0 Å². The van der Waals surface area contributed by atoms with Crippen molar-refractivity contribution in [1.82, 2.24) is 15.2 Å². The van der Waals surface area contributed by atoms with E-state index in [1.807, 2.05) is 0 Å².